The molecular weight excluding hydrogens is 308 g/mol. The van der Waals surface area contributed by atoms with Gasteiger partial charge in [0.1, 0.15) is 4.47 Å². The maximum atomic E-state index is 12.1. The molecule has 1 aromatic rings. The molecule has 0 spiro atoms. The van der Waals surface area contributed by atoms with E-state index in [4.69, 9.17) is 0 Å². The lowest BCUT2D eigenvalue weighted by atomic mass is 10.2. The van der Waals surface area contributed by atoms with Crippen molar-refractivity contribution in [1.82, 2.24) is 14.8 Å². The van der Waals surface area contributed by atoms with Crippen LogP contribution in [0.15, 0.2) is 15.5 Å². The minimum absolute atomic E-state index is 0.0598. The van der Waals surface area contributed by atoms with E-state index in [0.717, 1.165) is 31.6 Å². The van der Waals surface area contributed by atoms with Crippen molar-refractivity contribution in [3.63, 3.8) is 0 Å². The van der Waals surface area contributed by atoms with E-state index in [1.807, 2.05) is 0 Å². The molecule has 0 atom stereocenters. The number of aryl methyl sites for hydroxylation is 1. The highest BCUT2D eigenvalue weighted by molar-refractivity contribution is 9.10. The third kappa shape index (κ3) is 3.79. The highest BCUT2D eigenvalue weighted by atomic mass is 79.9. The van der Waals surface area contributed by atoms with Gasteiger partial charge in [-0.2, -0.15) is 5.10 Å². The molecule has 2 rings (SSSR count). The van der Waals surface area contributed by atoms with Crippen molar-refractivity contribution in [3.05, 3.63) is 21.0 Å². The number of hydrogen-bond acceptors (Lipinski definition) is 4. The van der Waals surface area contributed by atoms with Gasteiger partial charge in [-0.05, 0) is 35.2 Å². The van der Waals surface area contributed by atoms with Crippen LogP contribution in [0.1, 0.15) is 39.0 Å². The van der Waals surface area contributed by atoms with Crippen molar-refractivity contribution >= 4 is 21.6 Å². The molecule has 1 saturated heterocycles. The standard InChI is InChI=1S/C13H21BrN4O/c1-2-3-9-18-13(19)12(14)11(10-15-18)16-17-7-5-4-6-8-17/h10,16H,2-9H2,1H3. The number of nitrogens with one attached hydrogen (secondary N) is 1. The van der Waals surface area contributed by atoms with Crippen molar-refractivity contribution in [2.75, 3.05) is 18.5 Å². The lowest BCUT2D eigenvalue weighted by molar-refractivity contribution is 0.273. The summed E-state index contributed by atoms with van der Waals surface area (Å²) in [5.74, 6) is 0. The van der Waals surface area contributed by atoms with Crippen LogP contribution in [0.3, 0.4) is 0 Å². The second-order valence-corrected chi connectivity index (χ2v) is 5.71. The lowest BCUT2D eigenvalue weighted by Gasteiger charge is -2.28. The van der Waals surface area contributed by atoms with Gasteiger partial charge in [0, 0.05) is 19.6 Å². The van der Waals surface area contributed by atoms with Gasteiger partial charge < -0.3 is 5.43 Å². The number of halogens is 1. The molecule has 6 heteroatoms. The molecule has 2 heterocycles. The Hall–Kier alpha value is -0.880. The Labute approximate surface area is 122 Å². The number of aromatic nitrogens is 2. The van der Waals surface area contributed by atoms with Crippen LogP contribution in [0.2, 0.25) is 0 Å². The van der Waals surface area contributed by atoms with E-state index in [1.54, 1.807) is 6.20 Å². The van der Waals surface area contributed by atoms with Crippen molar-refractivity contribution < 1.29 is 0 Å². The van der Waals surface area contributed by atoms with Gasteiger partial charge in [0.05, 0.1) is 11.9 Å². The Bertz CT molecular complexity index is 468. The number of piperidine rings is 1. The Morgan fingerprint density at radius 1 is 1.37 bits per heavy atom. The maximum absolute atomic E-state index is 12.1. The Kier molecular flexibility index (Phi) is 5.39. The first kappa shape index (κ1) is 14.5. The Morgan fingerprint density at radius 2 is 2.11 bits per heavy atom. The van der Waals surface area contributed by atoms with Gasteiger partial charge >= 0.3 is 0 Å². The molecule has 19 heavy (non-hydrogen) atoms. The molecule has 1 aliphatic heterocycles. The average Bonchev–Trinajstić information content (AvgIpc) is 2.44. The molecule has 0 unspecified atom stereocenters. The van der Waals surface area contributed by atoms with Crippen LogP contribution < -0.4 is 11.0 Å². The molecule has 106 valence electrons. The second kappa shape index (κ2) is 7.05. The van der Waals surface area contributed by atoms with Crippen LogP contribution in [0, 0.1) is 0 Å². The van der Waals surface area contributed by atoms with Gasteiger partial charge in [0.15, 0.2) is 0 Å². The summed E-state index contributed by atoms with van der Waals surface area (Å²) in [6.07, 6.45) is 7.45. The second-order valence-electron chi connectivity index (χ2n) is 4.91. The zero-order chi connectivity index (χ0) is 13.7. The summed E-state index contributed by atoms with van der Waals surface area (Å²) in [6.45, 7) is 4.82. The third-order valence-corrected chi connectivity index (χ3v) is 4.11. The maximum Gasteiger partial charge on any atom is 0.283 e. The average molecular weight is 329 g/mol. The van der Waals surface area contributed by atoms with Crippen molar-refractivity contribution in [2.45, 2.75) is 45.6 Å². The fraction of sp³-hybridized carbons (Fsp3) is 0.692. The normalized spacial score (nSPS) is 16.5. The minimum Gasteiger partial charge on any atom is -0.316 e. The largest absolute Gasteiger partial charge is 0.316 e. The van der Waals surface area contributed by atoms with E-state index >= 15 is 0 Å². The third-order valence-electron chi connectivity index (χ3n) is 3.34. The summed E-state index contributed by atoms with van der Waals surface area (Å²) < 4.78 is 2.10. The summed E-state index contributed by atoms with van der Waals surface area (Å²) in [7, 11) is 0. The summed E-state index contributed by atoms with van der Waals surface area (Å²) in [5.41, 5.74) is 3.99. The fourth-order valence-electron chi connectivity index (χ4n) is 2.19. The van der Waals surface area contributed by atoms with Crippen LogP contribution in [0.4, 0.5) is 5.69 Å². The molecule has 5 nitrogen and oxygen atoms in total. The lowest BCUT2D eigenvalue weighted by Crippen LogP contribution is -2.36. The van der Waals surface area contributed by atoms with Gasteiger partial charge in [0.2, 0.25) is 0 Å². The molecule has 0 bridgehead atoms. The highest BCUT2D eigenvalue weighted by Gasteiger charge is 2.14. The Morgan fingerprint density at radius 3 is 2.79 bits per heavy atom. The first-order chi connectivity index (χ1) is 9.22. The molecule has 1 fully saturated rings. The van der Waals surface area contributed by atoms with Crippen LogP contribution in [0.5, 0.6) is 0 Å². The van der Waals surface area contributed by atoms with Crippen LogP contribution >= 0.6 is 15.9 Å². The molecule has 0 radical (unpaired) electrons. The molecular formula is C13H21BrN4O. The first-order valence-electron chi connectivity index (χ1n) is 6.99. The number of hydrazine groups is 1. The van der Waals surface area contributed by atoms with Crippen LogP contribution in [-0.2, 0) is 6.54 Å². The van der Waals surface area contributed by atoms with E-state index in [0.29, 0.717) is 11.0 Å². The number of unbranched alkanes of at least 4 members (excludes halogenated alkanes) is 1. The smallest absolute Gasteiger partial charge is 0.283 e. The predicted octanol–water partition coefficient (Wildman–Crippen LogP) is 2.62. The summed E-state index contributed by atoms with van der Waals surface area (Å²) in [6, 6.07) is 0. The van der Waals surface area contributed by atoms with Crippen LogP contribution in [-0.4, -0.2) is 27.9 Å². The van der Waals surface area contributed by atoms with E-state index in [1.165, 1.54) is 23.9 Å². The number of anilines is 1. The molecule has 1 aromatic heterocycles. The number of hydrogen-bond donors (Lipinski definition) is 1. The fourth-order valence-corrected chi connectivity index (χ4v) is 2.58. The summed E-state index contributed by atoms with van der Waals surface area (Å²) in [5, 5.41) is 6.38. The monoisotopic (exact) mass is 328 g/mol. The molecule has 0 amide bonds. The highest BCUT2D eigenvalue weighted by Crippen LogP contribution is 2.18. The van der Waals surface area contributed by atoms with Gasteiger partial charge in [-0.3, -0.25) is 4.79 Å². The predicted molar refractivity (Wildman–Crippen MR) is 80.2 cm³/mol. The Balaban J connectivity index is 2.09. The topological polar surface area (TPSA) is 50.2 Å². The zero-order valence-electron chi connectivity index (χ0n) is 11.4. The van der Waals surface area contributed by atoms with Crippen molar-refractivity contribution in [1.29, 1.82) is 0 Å². The van der Waals surface area contributed by atoms with Crippen LogP contribution in [0.25, 0.3) is 0 Å². The number of nitrogens with zero attached hydrogens (tertiary/aromatic N) is 3. The number of rotatable bonds is 5. The minimum atomic E-state index is -0.0598. The molecule has 0 aliphatic carbocycles. The summed E-state index contributed by atoms with van der Waals surface area (Å²) in [4.78, 5) is 12.1. The van der Waals surface area contributed by atoms with E-state index < -0.39 is 0 Å². The van der Waals surface area contributed by atoms with Gasteiger partial charge in [0.25, 0.3) is 5.56 Å². The summed E-state index contributed by atoms with van der Waals surface area (Å²) >= 11 is 3.39. The van der Waals surface area contributed by atoms with Crippen molar-refractivity contribution in [2.24, 2.45) is 0 Å². The first-order valence-corrected chi connectivity index (χ1v) is 7.79. The molecule has 1 N–H and O–H groups in total. The van der Waals surface area contributed by atoms with Crippen molar-refractivity contribution in [3.8, 4) is 0 Å². The van der Waals surface area contributed by atoms with E-state index in [-0.39, 0.29) is 5.56 Å². The van der Waals surface area contributed by atoms with E-state index in [9.17, 15) is 4.79 Å². The quantitative estimate of drug-likeness (QED) is 0.902. The van der Waals surface area contributed by atoms with Gasteiger partial charge in [-0.15, -0.1) is 0 Å². The SMILES string of the molecule is CCCCn1ncc(NN2CCCCC2)c(Br)c1=O. The van der Waals surface area contributed by atoms with Gasteiger partial charge in [-0.1, -0.05) is 19.8 Å². The van der Waals surface area contributed by atoms with E-state index in [2.05, 4.69) is 38.4 Å². The molecule has 0 aromatic carbocycles. The van der Waals surface area contributed by atoms with Gasteiger partial charge in [-0.25, -0.2) is 9.69 Å². The molecule has 1 aliphatic rings. The molecule has 0 saturated carbocycles. The zero-order valence-corrected chi connectivity index (χ0v) is 12.9.